The molecule has 4 nitrogen and oxygen atoms in total. The van der Waals surface area contributed by atoms with Crippen molar-refractivity contribution in [1.29, 1.82) is 0 Å². The van der Waals surface area contributed by atoms with E-state index in [0.717, 1.165) is 13.1 Å². The molecule has 0 aromatic carbocycles. The van der Waals surface area contributed by atoms with Crippen LogP contribution in [-0.2, 0) is 0 Å². The zero-order chi connectivity index (χ0) is 7.52. The smallest absolute Gasteiger partial charge is 0.137 e. The number of nitrogens with zero attached hydrogens (tertiary/aromatic N) is 3. The number of piperidine rings is 1. The molecule has 0 bridgehead atoms. The van der Waals surface area contributed by atoms with Crippen LogP contribution in [0.1, 0.15) is 18.9 Å². The Labute approximate surface area is 65.6 Å². The Morgan fingerprint density at radius 2 is 2.55 bits per heavy atom. The Morgan fingerprint density at radius 3 is 3.18 bits per heavy atom. The molecule has 1 saturated heterocycles. The zero-order valence-electron chi connectivity index (χ0n) is 6.40. The van der Waals surface area contributed by atoms with Crippen molar-refractivity contribution in [2.45, 2.75) is 18.9 Å². The van der Waals surface area contributed by atoms with Gasteiger partial charge in [0.2, 0.25) is 0 Å². The van der Waals surface area contributed by atoms with Crippen LogP contribution in [0, 0.1) is 0 Å². The summed E-state index contributed by atoms with van der Waals surface area (Å²) in [6, 6.07) is 0.520. The molecule has 2 heterocycles. The van der Waals surface area contributed by atoms with E-state index in [0.29, 0.717) is 6.04 Å². The van der Waals surface area contributed by atoms with Gasteiger partial charge in [-0.2, -0.15) is 5.10 Å². The molecule has 1 aromatic heterocycles. The highest BCUT2D eigenvalue weighted by molar-refractivity contribution is 4.74. The molecule has 1 aromatic rings. The van der Waals surface area contributed by atoms with Crippen LogP contribution in [0.4, 0.5) is 0 Å². The number of hydrogen-bond acceptors (Lipinski definition) is 3. The molecule has 2 rings (SSSR count). The average molecular weight is 152 g/mol. The Kier molecular flexibility index (Phi) is 1.85. The minimum Gasteiger partial charge on any atom is -0.315 e. The first kappa shape index (κ1) is 6.79. The van der Waals surface area contributed by atoms with E-state index in [1.165, 1.54) is 12.8 Å². The first-order valence-electron chi connectivity index (χ1n) is 4.01. The molecule has 0 spiro atoms. The van der Waals surface area contributed by atoms with Crippen molar-refractivity contribution < 1.29 is 0 Å². The normalized spacial score (nSPS) is 25.3. The highest BCUT2D eigenvalue weighted by atomic mass is 15.3. The van der Waals surface area contributed by atoms with Gasteiger partial charge in [-0.25, -0.2) is 9.67 Å². The van der Waals surface area contributed by atoms with Gasteiger partial charge in [-0.05, 0) is 19.4 Å². The van der Waals surface area contributed by atoms with Crippen molar-refractivity contribution in [3.05, 3.63) is 12.7 Å². The van der Waals surface area contributed by atoms with Crippen LogP contribution in [0.15, 0.2) is 12.7 Å². The summed E-state index contributed by atoms with van der Waals surface area (Å²) in [6.45, 7) is 2.18. The Balaban J connectivity index is 2.04. The lowest BCUT2D eigenvalue weighted by Gasteiger charge is -2.22. The molecular weight excluding hydrogens is 140 g/mol. The SMILES string of the molecule is c1ncn([C@@H]2CCCNC2)n1. The molecule has 1 atom stereocenters. The minimum atomic E-state index is 0.520. The van der Waals surface area contributed by atoms with Crippen LogP contribution in [0.25, 0.3) is 0 Å². The van der Waals surface area contributed by atoms with E-state index in [-0.39, 0.29) is 0 Å². The minimum absolute atomic E-state index is 0.520. The average Bonchev–Trinajstić information content (AvgIpc) is 2.58. The molecule has 4 heteroatoms. The third kappa shape index (κ3) is 1.40. The maximum Gasteiger partial charge on any atom is 0.137 e. The number of hydrogen-bond donors (Lipinski definition) is 1. The van der Waals surface area contributed by atoms with E-state index >= 15 is 0 Å². The van der Waals surface area contributed by atoms with E-state index in [1.807, 2.05) is 4.68 Å². The standard InChI is InChI=1S/C7H12N4/c1-2-7(4-8-3-1)11-6-9-5-10-11/h5-8H,1-4H2/t7-/m1/s1. The number of nitrogens with one attached hydrogen (secondary N) is 1. The van der Waals surface area contributed by atoms with Crippen molar-refractivity contribution in [3.63, 3.8) is 0 Å². The molecule has 0 radical (unpaired) electrons. The fraction of sp³-hybridized carbons (Fsp3) is 0.714. The number of aromatic nitrogens is 3. The van der Waals surface area contributed by atoms with E-state index < -0.39 is 0 Å². The zero-order valence-corrected chi connectivity index (χ0v) is 6.40. The molecule has 0 aliphatic carbocycles. The van der Waals surface area contributed by atoms with Crippen molar-refractivity contribution in [3.8, 4) is 0 Å². The fourth-order valence-electron chi connectivity index (χ4n) is 1.47. The van der Waals surface area contributed by atoms with Crippen LogP contribution in [0.2, 0.25) is 0 Å². The van der Waals surface area contributed by atoms with Crippen LogP contribution in [0.5, 0.6) is 0 Å². The molecule has 0 saturated carbocycles. The first-order valence-corrected chi connectivity index (χ1v) is 4.01. The summed E-state index contributed by atoms with van der Waals surface area (Å²) in [5.74, 6) is 0. The molecule has 1 aliphatic heterocycles. The van der Waals surface area contributed by atoms with Gasteiger partial charge in [0.15, 0.2) is 0 Å². The van der Waals surface area contributed by atoms with Crippen LogP contribution < -0.4 is 5.32 Å². The van der Waals surface area contributed by atoms with E-state index in [9.17, 15) is 0 Å². The van der Waals surface area contributed by atoms with E-state index in [4.69, 9.17) is 0 Å². The second-order valence-corrected chi connectivity index (χ2v) is 2.88. The summed E-state index contributed by atoms with van der Waals surface area (Å²) >= 11 is 0. The number of rotatable bonds is 1. The molecular formula is C7H12N4. The summed E-state index contributed by atoms with van der Waals surface area (Å²) in [5, 5.41) is 7.44. The summed E-state index contributed by atoms with van der Waals surface area (Å²) in [6.07, 6.45) is 5.84. The first-order chi connectivity index (χ1) is 5.47. The van der Waals surface area contributed by atoms with Gasteiger partial charge < -0.3 is 5.32 Å². The molecule has 0 amide bonds. The van der Waals surface area contributed by atoms with Crippen molar-refractivity contribution in [2.24, 2.45) is 0 Å². The van der Waals surface area contributed by atoms with E-state index in [2.05, 4.69) is 15.4 Å². The third-order valence-electron chi connectivity index (χ3n) is 2.08. The highest BCUT2D eigenvalue weighted by Crippen LogP contribution is 2.13. The van der Waals surface area contributed by atoms with Crippen molar-refractivity contribution in [1.82, 2.24) is 20.1 Å². The van der Waals surface area contributed by atoms with Gasteiger partial charge in [0.25, 0.3) is 0 Å². The summed E-state index contributed by atoms with van der Waals surface area (Å²) < 4.78 is 1.94. The molecule has 11 heavy (non-hydrogen) atoms. The maximum absolute atomic E-state index is 4.11. The molecule has 60 valence electrons. The second-order valence-electron chi connectivity index (χ2n) is 2.88. The predicted octanol–water partition coefficient (Wildman–Crippen LogP) is 0.203. The lowest BCUT2D eigenvalue weighted by atomic mass is 10.1. The van der Waals surface area contributed by atoms with Crippen molar-refractivity contribution in [2.75, 3.05) is 13.1 Å². The van der Waals surface area contributed by atoms with Gasteiger partial charge in [0, 0.05) is 6.54 Å². The van der Waals surface area contributed by atoms with Gasteiger partial charge in [-0.1, -0.05) is 0 Å². The van der Waals surface area contributed by atoms with E-state index in [1.54, 1.807) is 12.7 Å². The molecule has 0 unspecified atom stereocenters. The summed E-state index contributed by atoms with van der Waals surface area (Å²) in [4.78, 5) is 3.92. The third-order valence-corrected chi connectivity index (χ3v) is 2.08. The fourth-order valence-corrected chi connectivity index (χ4v) is 1.47. The largest absolute Gasteiger partial charge is 0.315 e. The predicted molar refractivity (Wildman–Crippen MR) is 41.2 cm³/mol. The maximum atomic E-state index is 4.11. The van der Waals surface area contributed by atoms with Crippen LogP contribution in [-0.4, -0.2) is 27.9 Å². The van der Waals surface area contributed by atoms with Gasteiger partial charge in [0.05, 0.1) is 6.04 Å². The molecule has 1 aliphatic rings. The van der Waals surface area contributed by atoms with Crippen molar-refractivity contribution >= 4 is 0 Å². The van der Waals surface area contributed by atoms with Gasteiger partial charge in [-0.15, -0.1) is 0 Å². The summed E-state index contributed by atoms with van der Waals surface area (Å²) in [5.41, 5.74) is 0. The van der Waals surface area contributed by atoms with Gasteiger partial charge in [0.1, 0.15) is 12.7 Å². The lowest BCUT2D eigenvalue weighted by Crippen LogP contribution is -2.31. The topological polar surface area (TPSA) is 42.7 Å². The highest BCUT2D eigenvalue weighted by Gasteiger charge is 2.14. The summed E-state index contributed by atoms with van der Waals surface area (Å²) in [7, 11) is 0. The second kappa shape index (κ2) is 3.00. The molecule has 1 N–H and O–H groups in total. The Morgan fingerprint density at radius 1 is 1.55 bits per heavy atom. The van der Waals surface area contributed by atoms with Gasteiger partial charge in [-0.3, -0.25) is 0 Å². The molecule has 1 fully saturated rings. The van der Waals surface area contributed by atoms with Crippen LogP contribution >= 0.6 is 0 Å². The van der Waals surface area contributed by atoms with Crippen LogP contribution in [0.3, 0.4) is 0 Å². The van der Waals surface area contributed by atoms with Gasteiger partial charge >= 0.3 is 0 Å². The lowest BCUT2D eigenvalue weighted by molar-refractivity contribution is 0.346. The monoisotopic (exact) mass is 152 g/mol. The Bertz CT molecular complexity index is 200. The Hall–Kier alpha value is -0.900. The quantitative estimate of drug-likeness (QED) is 0.625.